The minimum Gasteiger partial charge on any atom is -0.381 e. The summed E-state index contributed by atoms with van der Waals surface area (Å²) in [6, 6.07) is 6.27. The fourth-order valence-corrected chi connectivity index (χ4v) is 3.07. The molecule has 2 aromatic rings. The fourth-order valence-electron chi connectivity index (χ4n) is 3.07. The SMILES string of the molecule is Cc1ccc2c(c1)c(CNC(=O)CC1CCCOC1)nn2C. The van der Waals surface area contributed by atoms with Crippen molar-refractivity contribution in [3.8, 4) is 0 Å². The molecule has 1 amide bonds. The highest BCUT2D eigenvalue weighted by atomic mass is 16.5. The molecule has 1 aliphatic rings. The second-order valence-corrected chi connectivity index (χ2v) is 6.15. The predicted molar refractivity (Wildman–Crippen MR) is 85.5 cm³/mol. The zero-order chi connectivity index (χ0) is 15.5. The van der Waals surface area contributed by atoms with Crippen LogP contribution in [0.1, 0.15) is 30.5 Å². The first-order chi connectivity index (χ1) is 10.6. The van der Waals surface area contributed by atoms with Crippen molar-refractivity contribution in [2.24, 2.45) is 13.0 Å². The van der Waals surface area contributed by atoms with Crippen molar-refractivity contribution in [1.82, 2.24) is 15.1 Å². The van der Waals surface area contributed by atoms with Gasteiger partial charge in [0.15, 0.2) is 0 Å². The molecular weight excluding hydrogens is 278 g/mol. The van der Waals surface area contributed by atoms with Crippen LogP contribution >= 0.6 is 0 Å². The third-order valence-corrected chi connectivity index (χ3v) is 4.26. The molecule has 1 aliphatic heterocycles. The van der Waals surface area contributed by atoms with Crippen LogP contribution in [0.25, 0.3) is 10.9 Å². The number of carbonyl (C=O) groups excluding carboxylic acids is 1. The quantitative estimate of drug-likeness (QED) is 0.943. The maximum absolute atomic E-state index is 12.1. The van der Waals surface area contributed by atoms with E-state index in [4.69, 9.17) is 4.74 Å². The van der Waals surface area contributed by atoms with Crippen LogP contribution < -0.4 is 5.32 Å². The molecule has 1 aromatic carbocycles. The summed E-state index contributed by atoms with van der Waals surface area (Å²) in [6.45, 7) is 4.08. The van der Waals surface area contributed by atoms with Gasteiger partial charge in [0.05, 0.1) is 17.8 Å². The van der Waals surface area contributed by atoms with Gasteiger partial charge in [-0.2, -0.15) is 5.10 Å². The van der Waals surface area contributed by atoms with E-state index in [-0.39, 0.29) is 5.91 Å². The molecule has 1 saturated heterocycles. The zero-order valence-corrected chi connectivity index (χ0v) is 13.3. The molecule has 2 heterocycles. The van der Waals surface area contributed by atoms with Crippen molar-refractivity contribution in [3.63, 3.8) is 0 Å². The Labute approximate surface area is 130 Å². The van der Waals surface area contributed by atoms with E-state index in [0.29, 0.717) is 25.5 Å². The molecule has 0 bridgehead atoms. The monoisotopic (exact) mass is 301 g/mol. The van der Waals surface area contributed by atoms with Gasteiger partial charge in [-0.15, -0.1) is 0 Å². The number of aryl methyl sites for hydroxylation is 2. The Hall–Kier alpha value is -1.88. The molecule has 1 N–H and O–H groups in total. The molecular formula is C17H23N3O2. The lowest BCUT2D eigenvalue weighted by Crippen LogP contribution is -2.28. The van der Waals surface area contributed by atoms with Crippen molar-refractivity contribution < 1.29 is 9.53 Å². The smallest absolute Gasteiger partial charge is 0.220 e. The van der Waals surface area contributed by atoms with Crippen LogP contribution in [0.2, 0.25) is 0 Å². The summed E-state index contributed by atoms with van der Waals surface area (Å²) >= 11 is 0. The topological polar surface area (TPSA) is 56.1 Å². The number of benzene rings is 1. The summed E-state index contributed by atoms with van der Waals surface area (Å²) in [5.74, 6) is 0.443. The molecule has 5 nitrogen and oxygen atoms in total. The maximum Gasteiger partial charge on any atom is 0.220 e. The number of carbonyl (C=O) groups is 1. The minimum absolute atomic E-state index is 0.0851. The molecule has 0 radical (unpaired) electrons. The summed E-state index contributed by atoms with van der Waals surface area (Å²) < 4.78 is 7.29. The largest absolute Gasteiger partial charge is 0.381 e. The standard InChI is InChI=1S/C17H23N3O2/c1-12-5-6-16-14(8-12)15(19-20(16)2)10-18-17(21)9-13-4-3-7-22-11-13/h5-6,8,13H,3-4,7,9-11H2,1-2H3,(H,18,21). The number of ether oxygens (including phenoxy) is 1. The molecule has 0 saturated carbocycles. The Balaban J connectivity index is 1.63. The van der Waals surface area contributed by atoms with Gasteiger partial charge >= 0.3 is 0 Å². The molecule has 5 heteroatoms. The first kappa shape index (κ1) is 15.0. The Morgan fingerprint density at radius 2 is 2.36 bits per heavy atom. The molecule has 0 aliphatic carbocycles. The van der Waals surface area contributed by atoms with Gasteiger partial charge < -0.3 is 10.1 Å². The van der Waals surface area contributed by atoms with E-state index in [1.54, 1.807) is 0 Å². The van der Waals surface area contributed by atoms with Crippen molar-refractivity contribution in [1.29, 1.82) is 0 Å². The first-order valence-corrected chi connectivity index (χ1v) is 7.90. The van der Waals surface area contributed by atoms with Gasteiger partial charge in [-0.3, -0.25) is 9.48 Å². The number of nitrogens with zero attached hydrogens (tertiary/aromatic N) is 2. The zero-order valence-electron chi connectivity index (χ0n) is 13.3. The fraction of sp³-hybridized carbons (Fsp3) is 0.529. The lowest BCUT2D eigenvalue weighted by molar-refractivity contribution is -0.123. The minimum atomic E-state index is 0.0851. The highest BCUT2D eigenvalue weighted by Gasteiger charge is 2.18. The van der Waals surface area contributed by atoms with Crippen LogP contribution in [0.3, 0.4) is 0 Å². The van der Waals surface area contributed by atoms with Gasteiger partial charge in [-0.1, -0.05) is 11.6 Å². The number of hydrogen-bond acceptors (Lipinski definition) is 3. The van der Waals surface area contributed by atoms with E-state index in [1.807, 2.05) is 11.7 Å². The summed E-state index contributed by atoms with van der Waals surface area (Å²) in [7, 11) is 1.93. The molecule has 1 atom stereocenters. The van der Waals surface area contributed by atoms with Gasteiger partial charge in [0.2, 0.25) is 5.91 Å². The summed E-state index contributed by atoms with van der Waals surface area (Å²) in [4.78, 5) is 12.1. The van der Waals surface area contributed by atoms with E-state index in [1.165, 1.54) is 5.56 Å². The lowest BCUT2D eigenvalue weighted by Gasteiger charge is -2.21. The van der Waals surface area contributed by atoms with Crippen LogP contribution in [0, 0.1) is 12.8 Å². The van der Waals surface area contributed by atoms with Crippen LogP contribution in [-0.4, -0.2) is 28.9 Å². The average Bonchev–Trinajstić information content (AvgIpc) is 2.82. The number of amides is 1. The third-order valence-electron chi connectivity index (χ3n) is 4.26. The van der Waals surface area contributed by atoms with Crippen LogP contribution in [0.4, 0.5) is 0 Å². The number of aromatic nitrogens is 2. The average molecular weight is 301 g/mol. The Kier molecular flexibility index (Phi) is 4.43. The molecule has 1 fully saturated rings. The molecule has 22 heavy (non-hydrogen) atoms. The van der Waals surface area contributed by atoms with Crippen LogP contribution in [-0.2, 0) is 23.1 Å². The van der Waals surface area contributed by atoms with Crippen LogP contribution in [0.5, 0.6) is 0 Å². The van der Waals surface area contributed by atoms with E-state index in [2.05, 4.69) is 35.5 Å². The summed E-state index contributed by atoms with van der Waals surface area (Å²) in [5.41, 5.74) is 3.22. The number of hydrogen-bond donors (Lipinski definition) is 1. The Morgan fingerprint density at radius 3 is 3.14 bits per heavy atom. The van der Waals surface area contributed by atoms with E-state index in [0.717, 1.165) is 36.0 Å². The summed E-state index contributed by atoms with van der Waals surface area (Å²) in [6.07, 6.45) is 2.69. The van der Waals surface area contributed by atoms with Crippen molar-refractivity contribution >= 4 is 16.8 Å². The molecule has 3 rings (SSSR count). The van der Waals surface area contributed by atoms with Crippen molar-refractivity contribution in [3.05, 3.63) is 29.5 Å². The molecule has 1 aromatic heterocycles. The van der Waals surface area contributed by atoms with Gasteiger partial charge in [-0.25, -0.2) is 0 Å². The molecule has 0 spiro atoms. The highest BCUT2D eigenvalue weighted by molar-refractivity contribution is 5.83. The van der Waals surface area contributed by atoms with E-state index < -0.39 is 0 Å². The van der Waals surface area contributed by atoms with Crippen molar-refractivity contribution in [2.75, 3.05) is 13.2 Å². The van der Waals surface area contributed by atoms with E-state index in [9.17, 15) is 4.79 Å². The Bertz CT molecular complexity index is 672. The number of nitrogens with one attached hydrogen (secondary N) is 1. The second-order valence-electron chi connectivity index (χ2n) is 6.15. The normalized spacial score (nSPS) is 18.5. The number of rotatable bonds is 4. The van der Waals surface area contributed by atoms with Crippen molar-refractivity contribution in [2.45, 2.75) is 32.7 Å². The lowest BCUT2D eigenvalue weighted by atomic mass is 9.98. The molecule has 1 unspecified atom stereocenters. The van der Waals surface area contributed by atoms with Gasteiger partial charge in [0, 0.05) is 32.1 Å². The summed E-state index contributed by atoms with van der Waals surface area (Å²) in [5, 5.41) is 8.64. The molecule has 118 valence electrons. The predicted octanol–water partition coefficient (Wildman–Crippen LogP) is 2.31. The maximum atomic E-state index is 12.1. The third kappa shape index (κ3) is 3.30. The second kappa shape index (κ2) is 6.48. The van der Waals surface area contributed by atoms with Gasteiger partial charge in [-0.05, 0) is 37.8 Å². The van der Waals surface area contributed by atoms with E-state index >= 15 is 0 Å². The van der Waals surface area contributed by atoms with Gasteiger partial charge in [0.1, 0.15) is 0 Å². The van der Waals surface area contributed by atoms with Crippen LogP contribution in [0.15, 0.2) is 18.2 Å². The first-order valence-electron chi connectivity index (χ1n) is 7.90. The number of fused-ring (bicyclic) bond motifs is 1. The van der Waals surface area contributed by atoms with Gasteiger partial charge in [0.25, 0.3) is 0 Å². The highest BCUT2D eigenvalue weighted by Crippen LogP contribution is 2.20. The Morgan fingerprint density at radius 1 is 1.50 bits per heavy atom.